The van der Waals surface area contributed by atoms with Gasteiger partial charge in [0.1, 0.15) is 11.0 Å². The van der Waals surface area contributed by atoms with Crippen molar-refractivity contribution in [2.45, 2.75) is 64.6 Å². The number of fused-ring (bicyclic) bond motifs is 1. The largest absolute Gasteiger partial charge is 0.481 e. The Labute approximate surface area is 312 Å². The molecule has 0 aromatic heterocycles. The molecule has 15 heteroatoms. The van der Waals surface area contributed by atoms with Gasteiger partial charge < -0.3 is 25.6 Å². The van der Waals surface area contributed by atoms with E-state index < -0.39 is 105 Å². The lowest BCUT2D eigenvalue weighted by Crippen LogP contribution is -2.48. The molecule has 3 aromatic rings. The van der Waals surface area contributed by atoms with Crippen LogP contribution in [0, 0.1) is 17.8 Å². The van der Waals surface area contributed by atoms with Crippen LogP contribution in [-0.2, 0) is 56.4 Å². The third-order valence-electron chi connectivity index (χ3n) is 8.43. The lowest BCUT2D eigenvalue weighted by molar-refractivity contribution is -0.150. The van der Waals surface area contributed by atoms with Crippen LogP contribution in [0.4, 0.5) is 0 Å². The number of nitrogens with one attached hydrogen (secondary N) is 2. The lowest BCUT2D eigenvalue weighted by atomic mass is 9.86. The number of carbonyl (C=O) groups excluding carboxylic acids is 4. The van der Waals surface area contributed by atoms with Gasteiger partial charge in [-0.2, -0.15) is 0 Å². The molecule has 0 saturated carbocycles. The number of aliphatic carboxylic acids is 2. The second kappa shape index (κ2) is 19.7. The highest BCUT2D eigenvalue weighted by atomic mass is 35.5. The normalized spacial score (nSPS) is 14.1. The maximum Gasteiger partial charge on any atom is 0.306 e. The van der Waals surface area contributed by atoms with Crippen molar-refractivity contribution in [1.82, 2.24) is 10.6 Å². The summed E-state index contributed by atoms with van der Waals surface area (Å²) in [5.74, 6) is -8.71. The first-order valence-corrected chi connectivity index (χ1v) is 19.0. The third-order valence-corrected chi connectivity index (χ3v) is 10.2. The van der Waals surface area contributed by atoms with E-state index in [1.807, 2.05) is 30.3 Å². The first-order chi connectivity index (χ1) is 24.9. The predicted octanol–water partition coefficient (Wildman–Crippen LogP) is 4.41. The topological polar surface area (TPSA) is 210 Å². The quantitative estimate of drug-likeness (QED) is 0.118. The van der Waals surface area contributed by atoms with Gasteiger partial charge in [0.15, 0.2) is 15.6 Å². The van der Waals surface area contributed by atoms with Gasteiger partial charge in [0.25, 0.3) is 0 Å². The minimum Gasteiger partial charge on any atom is -0.481 e. The molecule has 0 saturated heterocycles. The van der Waals surface area contributed by atoms with Crippen molar-refractivity contribution in [3.63, 3.8) is 0 Å². The lowest BCUT2D eigenvalue weighted by Gasteiger charge is -2.26. The van der Waals surface area contributed by atoms with Crippen LogP contribution in [-0.4, -0.2) is 72.5 Å². The summed E-state index contributed by atoms with van der Waals surface area (Å²) < 4.78 is 28.4. The Morgan fingerprint density at radius 2 is 1.42 bits per heavy atom. The van der Waals surface area contributed by atoms with Gasteiger partial charge in [-0.05, 0) is 33.9 Å². The van der Waals surface area contributed by atoms with Crippen molar-refractivity contribution in [3.05, 3.63) is 94.4 Å². The van der Waals surface area contributed by atoms with Crippen molar-refractivity contribution in [1.29, 1.82) is 0 Å². The van der Waals surface area contributed by atoms with Gasteiger partial charge in [0, 0.05) is 25.0 Å². The maximum atomic E-state index is 14.1. The number of ketones is 1. The van der Waals surface area contributed by atoms with Gasteiger partial charge in [-0.1, -0.05) is 98.2 Å². The Morgan fingerprint density at radius 3 is 2.04 bits per heavy atom. The Balaban J connectivity index is 1.91. The van der Waals surface area contributed by atoms with Crippen LogP contribution in [0.3, 0.4) is 0 Å². The standard InChI is InChI=1S/C38H43ClN2O11S/c1-23(2)30(38(49)40-28(20-35(45)46)19-33(39)53(3,50)51)21-32(42)31(16-26-14-9-13-25-12-7-8-15-29(25)26)41-37(48)27(17-34(43)44)18-36(47)52-22-24-10-5-4-6-11-24/h4-15,19,23,27-28,30-31H,16-18,20-22H2,1-3H3,(H,40,49)(H,41,48)(H,43,44)(H,45,46)/b33-19+/t27-,28-,30+,31+/m1/s1. The monoisotopic (exact) mass is 770 g/mol. The summed E-state index contributed by atoms with van der Waals surface area (Å²) in [5, 5.41) is 25.7. The fourth-order valence-corrected chi connectivity index (χ4v) is 6.16. The van der Waals surface area contributed by atoms with Gasteiger partial charge in [0.2, 0.25) is 11.8 Å². The molecule has 0 unspecified atom stereocenters. The summed E-state index contributed by atoms with van der Waals surface area (Å²) in [7, 11) is -3.91. The number of amides is 2. The minimum atomic E-state index is -3.91. The van der Waals surface area contributed by atoms with Gasteiger partial charge in [-0.25, -0.2) is 8.42 Å². The van der Waals surface area contributed by atoms with Crippen molar-refractivity contribution in [2.24, 2.45) is 17.8 Å². The first kappa shape index (κ1) is 42.3. The molecule has 0 fully saturated rings. The van der Waals surface area contributed by atoms with Crippen molar-refractivity contribution < 1.29 is 52.1 Å². The summed E-state index contributed by atoms with van der Waals surface area (Å²) in [6.07, 6.45) is -0.775. The predicted molar refractivity (Wildman–Crippen MR) is 197 cm³/mol. The van der Waals surface area contributed by atoms with E-state index in [2.05, 4.69) is 10.6 Å². The molecule has 0 aliphatic rings. The van der Waals surface area contributed by atoms with Crippen molar-refractivity contribution in [2.75, 3.05) is 6.26 Å². The molecule has 4 N–H and O–H groups in total. The molecule has 0 bridgehead atoms. The van der Waals surface area contributed by atoms with Gasteiger partial charge in [-0.15, -0.1) is 0 Å². The summed E-state index contributed by atoms with van der Waals surface area (Å²) in [5.41, 5.74) is 1.36. The highest BCUT2D eigenvalue weighted by Gasteiger charge is 2.34. The van der Waals surface area contributed by atoms with Crippen LogP contribution in [0.25, 0.3) is 10.8 Å². The fraction of sp³-hybridized carbons (Fsp3) is 0.368. The molecule has 0 radical (unpaired) electrons. The number of hydrogen-bond acceptors (Lipinski definition) is 9. The van der Waals surface area contributed by atoms with Crippen molar-refractivity contribution in [3.8, 4) is 0 Å². The number of halogens is 1. The van der Waals surface area contributed by atoms with Gasteiger partial charge >= 0.3 is 17.9 Å². The van der Waals surface area contributed by atoms with Crippen LogP contribution in [0.1, 0.15) is 50.7 Å². The molecule has 53 heavy (non-hydrogen) atoms. The summed E-state index contributed by atoms with van der Waals surface area (Å²) in [6, 6.07) is 18.9. The highest BCUT2D eigenvalue weighted by molar-refractivity contribution is 7.96. The molecule has 4 atom stereocenters. The average molecular weight is 771 g/mol. The van der Waals surface area contributed by atoms with Gasteiger partial charge in [0.05, 0.1) is 37.3 Å². The fourth-order valence-electron chi connectivity index (χ4n) is 5.59. The molecule has 0 aliphatic carbocycles. The van der Waals surface area contributed by atoms with E-state index in [0.29, 0.717) is 11.1 Å². The molecule has 0 heterocycles. The number of carbonyl (C=O) groups is 6. The van der Waals surface area contributed by atoms with Crippen LogP contribution < -0.4 is 10.6 Å². The van der Waals surface area contributed by atoms with Crippen LogP contribution in [0.2, 0.25) is 0 Å². The number of hydrogen-bond donors (Lipinski definition) is 4. The number of esters is 1. The van der Waals surface area contributed by atoms with E-state index in [1.165, 1.54) is 0 Å². The Hall–Kier alpha value is -5.08. The number of benzene rings is 3. The zero-order valence-corrected chi connectivity index (χ0v) is 31.1. The number of carboxylic acid groups (broad SMARTS) is 2. The van der Waals surface area contributed by atoms with Gasteiger partial charge in [-0.3, -0.25) is 28.8 Å². The molecule has 3 rings (SSSR count). The number of rotatable bonds is 20. The zero-order valence-electron chi connectivity index (χ0n) is 29.5. The average Bonchev–Trinajstić information content (AvgIpc) is 3.08. The first-order valence-electron chi connectivity index (χ1n) is 16.7. The Bertz CT molecular complexity index is 1940. The molecule has 0 spiro atoms. The SMILES string of the molecule is CC(C)[C@H](CC(=O)[C@H](Cc1cccc2ccccc12)NC(=O)[C@H](CC(=O)O)CC(=O)OCc1ccccc1)C(=O)N[C@H](/C=C(\Cl)S(C)(=O)=O)CC(=O)O. The number of ether oxygens (including phenoxy) is 1. The van der Waals surface area contributed by atoms with E-state index in [0.717, 1.165) is 23.1 Å². The Kier molecular flexibility index (Phi) is 15.7. The van der Waals surface area contributed by atoms with Crippen molar-refractivity contribution >= 4 is 67.7 Å². The molecule has 13 nitrogen and oxygen atoms in total. The molecular formula is C38H43ClN2O11S. The number of Topliss-reactive ketones (excluding diaryl/α,β-unsaturated/α-hetero) is 1. The second-order valence-corrected chi connectivity index (χ2v) is 15.6. The van der Waals surface area contributed by atoms with Crippen LogP contribution in [0.15, 0.2) is 83.2 Å². The number of carboxylic acids is 2. The second-order valence-electron chi connectivity index (χ2n) is 13.0. The van der Waals surface area contributed by atoms with E-state index >= 15 is 0 Å². The summed E-state index contributed by atoms with van der Waals surface area (Å²) in [4.78, 5) is 77.4. The zero-order chi connectivity index (χ0) is 39.3. The van der Waals surface area contributed by atoms with E-state index in [-0.39, 0.29) is 13.0 Å². The summed E-state index contributed by atoms with van der Waals surface area (Å²) >= 11 is 5.86. The molecule has 284 valence electrons. The minimum absolute atomic E-state index is 0.0506. The smallest absolute Gasteiger partial charge is 0.306 e. The number of sulfone groups is 1. The van der Waals surface area contributed by atoms with Crippen LogP contribution >= 0.6 is 11.6 Å². The van der Waals surface area contributed by atoms with E-state index in [9.17, 15) is 47.4 Å². The van der Waals surface area contributed by atoms with E-state index in [1.54, 1.807) is 56.3 Å². The summed E-state index contributed by atoms with van der Waals surface area (Å²) in [6.45, 7) is 3.22. The maximum absolute atomic E-state index is 14.1. The molecule has 0 aliphatic heterocycles. The van der Waals surface area contributed by atoms with Crippen LogP contribution in [0.5, 0.6) is 0 Å². The van der Waals surface area contributed by atoms with E-state index in [4.69, 9.17) is 16.3 Å². The molecule has 2 amide bonds. The molecular weight excluding hydrogens is 728 g/mol. The molecule has 3 aromatic carbocycles. The highest BCUT2D eigenvalue weighted by Crippen LogP contribution is 2.24. The Morgan fingerprint density at radius 1 is 0.792 bits per heavy atom. The third kappa shape index (κ3) is 13.8.